The number of dihydropyridines is 1. The van der Waals surface area contributed by atoms with Crippen molar-refractivity contribution in [1.29, 1.82) is 0 Å². The van der Waals surface area contributed by atoms with E-state index in [0.29, 0.717) is 35.5 Å². The summed E-state index contributed by atoms with van der Waals surface area (Å²) in [7, 11) is 0. The van der Waals surface area contributed by atoms with Crippen molar-refractivity contribution in [3.05, 3.63) is 100 Å². The number of phenolic OH excluding ortho intramolecular Hbond substituents is 1. The number of aromatic hydroxyl groups is 1. The zero-order valence-corrected chi connectivity index (χ0v) is 19.0. The molecule has 1 aliphatic carbocycles. The number of anilines is 1. The predicted molar refractivity (Wildman–Crippen MR) is 127 cm³/mol. The van der Waals surface area contributed by atoms with Gasteiger partial charge in [0.2, 0.25) is 0 Å². The largest absolute Gasteiger partial charge is 0.508 e. The molecule has 7 nitrogen and oxygen atoms in total. The van der Waals surface area contributed by atoms with Gasteiger partial charge in [-0.1, -0.05) is 18.2 Å². The van der Waals surface area contributed by atoms with Crippen molar-refractivity contribution < 1.29 is 19.1 Å². The van der Waals surface area contributed by atoms with Gasteiger partial charge in [0, 0.05) is 47.0 Å². The minimum atomic E-state index is -0.563. The van der Waals surface area contributed by atoms with Gasteiger partial charge in [-0.3, -0.25) is 9.59 Å². The fourth-order valence-electron chi connectivity index (χ4n) is 4.79. The molecule has 2 atom stereocenters. The van der Waals surface area contributed by atoms with E-state index in [1.54, 1.807) is 42.8 Å². The summed E-state index contributed by atoms with van der Waals surface area (Å²) in [5.41, 5.74) is 4.27. The van der Waals surface area contributed by atoms with Gasteiger partial charge >= 0.3 is 0 Å². The lowest BCUT2D eigenvalue weighted by Gasteiger charge is -2.36. The summed E-state index contributed by atoms with van der Waals surface area (Å²) in [4.78, 5) is 31.3. The molecule has 1 aliphatic heterocycles. The van der Waals surface area contributed by atoms with Crippen molar-refractivity contribution in [2.24, 2.45) is 0 Å². The number of phenols is 1. The van der Waals surface area contributed by atoms with Crippen LogP contribution in [0, 0.1) is 6.92 Å². The van der Waals surface area contributed by atoms with E-state index >= 15 is 0 Å². The van der Waals surface area contributed by atoms with Crippen LogP contribution in [0.1, 0.15) is 48.5 Å². The quantitative estimate of drug-likeness (QED) is 0.527. The Morgan fingerprint density at radius 3 is 2.59 bits per heavy atom. The van der Waals surface area contributed by atoms with Crippen LogP contribution < -0.4 is 10.6 Å². The second-order valence-corrected chi connectivity index (χ2v) is 8.80. The number of rotatable bonds is 4. The third-order valence-corrected chi connectivity index (χ3v) is 6.40. The van der Waals surface area contributed by atoms with Crippen molar-refractivity contribution in [1.82, 2.24) is 10.3 Å². The predicted octanol–water partition coefficient (Wildman–Crippen LogP) is 4.69. The number of ketones is 1. The second kappa shape index (κ2) is 8.67. The first-order chi connectivity index (χ1) is 16.4. The van der Waals surface area contributed by atoms with E-state index < -0.39 is 5.92 Å². The molecule has 3 heterocycles. The highest BCUT2D eigenvalue weighted by Gasteiger charge is 2.41. The lowest BCUT2D eigenvalue weighted by Crippen LogP contribution is -2.37. The highest BCUT2D eigenvalue weighted by molar-refractivity contribution is 6.09. The van der Waals surface area contributed by atoms with E-state index in [2.05, 4.69) is 15.6 Å². The molecule has 7 heteroatoms. The first-order valence-corrected chi connectivity index (χ1v) is 11.2. The number of carbonyl (C=O) groups is 2. The van der Waals surface area contributed by atoms with Crippen LogP contribution in [0.5, 0.6) is 5.75 Å². The van der Waals surface area contributed by atoms with E-state index in [1.807, 2.05) is 32.0 Å². The molecule has 0 unspecified atom stereocenters. The number of aryl methyl sites for hydroxylation is 1. The van der Waals surface area contributed by atoms with Gasteiger partial charge in [0.15, 0.2) is 5.78 Å². The lowest BCUT2D eigenvalue weighted by molar-refractivity contribution is -0.116. The maximum Gasteiger partial charge on any atom is 0.255 e. The lowest BCUT2D eigenvalue weighted by atomic mass is 9.72. The van der Waals surface area contributed by atoms with Gasteiger partial charge in [-0.05, 0) is 61.7 Å². The second-order valence-electron chi connectivity index (χ2n) is 8.80. The van der Waals surface area contributed by atoms with Crippen LogP contribution >= 0.6 is 0 Å². The molecule has 3 N–H and O–H groups in total. The normalized spacial score (nSPS) is 20.1. The maximum atomic E-state index is 13.5. The van der Waals surface area contributed by atoms with E-state index in [4.69, 9.17) is 4.42 Å². The summed E-state index contributed by atoms with van der Waals surface area (Å²) in [5.74, 6) is 0.356. The summed E-state index contributed by atoms with van der Waals surface area (Å²) in [6.45, 7) is 3.77. The Labute approximate surface area is 197 Å². The molecule has 34 heavy (non-hydrogen) atoms. The van der Waals surface area contributed by atoms with Crippen molar-refractivity contribution in [3.63, 3.8) is 0 Å². The average molecular weight is 456 g/mol. The molecule has 1 amide bonds. The Morgan fingerprint density at radius 2 is 1.91 bits per heavy atom. The number of hydrogen-bond acceptors (Lipinski definition) is 6. The monoisotopic (exact) mass is 455 g/mol. The molecule has 0 saturated carbocycles. The third-order valence-electron chi connectivity index (χ3n) is 6.40. The average Bonchev–Trinajstić information content (AvgIpc) is 3.35. The smallest absolute Gasteiger partial charge is 0.255 e. The first kappa shape index (κ1) is 21.7. The van der Waals surface area contributed by atoms with Crippen molar-refractivity contribution >= 4 is 17.5 Å². The molecule has 1 aromatic carbocycles. The summed E-state index contributed by atoms with van der Waals surface area (Å²) in [6, 6.07) is 14.0. The minimum Gasteiger partial charge on any atom is -0.508 e. The van der Waals surface area contributed by atoms with Crippen LogP contribution in [0.15, 0.2) is 87.9 Å². The summed E-state index contributed by atoms with van der Waals surface area (Å²) < 4.78 is 5.57. The molecular weight excluding hydrogens is 430 g/mol. The van der Waals surface area contributed by atoms with Gasteiger partial charge in [0.25, 0.3) is 5.91 Å². The molecule has 2 aromatic heterocycles. The Bertz CT molecular complexity index is 1300. The Kier molecular flexibility index (Phi) is 5.53. The minimum absolute atomic E-state index is 0.0283. The number of benzene rings is 1. The molecule has 172 valence electrons. The van der Waals surface area contributed by atoms with Crippen LogP contribution in [0.25, 0.3) is 0 Å². The summed E-state index contributed by atoms with van der Waals surface area (Å²) >= 11 is 0. The van der Waals surface area contributed by atoms with Gasteiger partial charge < -0.3 is 20.2 Å². The van der Waals surface area contributed by atoms with Crippen molar-refractivity contribution in [2.45, 2.75) is 38.5 Å². The summed E-state index contributed by atoms with van der Waals surface area (Å²) in [6.07, 6.45) is 4.21. The number of allylic oxidation sites excluding steroid dienone is 3. The molecule has 2 aliphatic rings. The van der Waals surface area contributed by atoms with Crippen LogP contribution in [-0.4, -0.2) is 21.8 Å². The molecular formula is C27H25N3O4. The summed E-state index contributed by atoms with van der Waals surface area (Å²) in [5, 5.41) is 16.0. The van der Waals surface area contributed by atoms with Crippen LogP contribution in [-0.2, 0) is 9.59 Å². The number of hydrogen-bond donors (Lipinski definition) is 3. The Hall–Kier alpha value is -4.13. The van der Waals surface area contributed by atoms with Crippen molar-refractivity contribution in [2.75, 3.05) is 5.32 Å². The molecule has 0 saturated heterocycles. The fourth-order valence-corrected chi connectivity index (χ4v) is 4.79. The highest BCUT2D eigenvalue weighted by atomic mass is 16.3. The Morgan fingerprint density at radius 1 is 1.12 bits per heavy atom. The number of pyridine rings is 1. The molecule has 0 bridgehead atoms. The fraction of sp³-hybridized carbons (Fsp3) is 0.222. The number of nitrogens with zero attached hydrogens (tertiary/aromatic N) is 1. The van der Waals surface area contributed by atoms with E-state index in [0.717, 1.165) is 22.6 Å². The molecule has 5 rings (SSSR count). The zero-order valence-electron chi connectivity index (χ0n) is 19.0. The standard InChI is InChI=1S/C27H25N3O4/c1-15-5-10-23(28-14-15)30-27(33)24-16(2)29-20-12-18(22-4-3-11-34-22)13-21(32)26(20)25(24)17-6-8-19(31)9-7-17/h3-11,14,18,25,29,31H,12-13H2,1-2H3,(H,28,30,33)/t18-,25+/m0/s1. The number of nitrogens with one attached hydrogen (secondary N) is 2. The van der Waals surface area contributed by atoms with E-state index in [1.165, 1.54) is 0 Å². The molecule has 0 spiro atoms. The van der Waals surface area contributed by atoms with Crippen LogP contribution in [0.2, 0.25) is 0 Å². The van der Waals surface area contributed by atoms with Crippen molar-refractivity contribution in [3.8, 4) is 5.75 Å². The zero-order chi connectivity index (χ0) is 23.8. The number of Topliss-reactive ketones (excluding diaryl/α,β-unsaturated/α-hetero) is 1. The third kappa shape index (κ3) is 4.01. The van der Waals surface area contributed by atoms with E-state index in [9.17, 15) is 14.7 Å². The van der Waals surface area contributed by atoms with E-state index in [-0.39, 0.29) is 23.4 Å². The van der Waals surface area contributed by atoms with Gasteiger partial charge in [-0.25, -0.2) is 4.98 Å². The van der Waals surface area contributed by atoms with Gasteiger partial charge in [0.05, 0.1) is 6.26 Å². The van der Waals surface area contributed by atoms with Gasteiger partial charge in [-0.2, -0.15) is 0 Å². The number of furan rings is 1. The van der Waals surface area contributed by atoms with Crippen LogP contribution in [0.3, 0.4) is 0 Å². The number of carbonyl (C=O) groups excluding carboxylic acids is 2. The van der Waals surface area contributed by atoms with Crippen LogP contribution in [0.4, 0.5) is 5.82 Å². The maximum absolute atomic E-state index is 13.5. The topological polar surface area (TPSA) is 104 Å². The van der Waals surface area contributed by atoms with Gasteiger partial charge in [-0.15, -0.1) is 0 Å². The number of amides is 1. The highest BCUT2D eigenvalue weighted by Crippen LogP contribution is 2.45. The van der Waals surface area contributed by atoms with Gasteiger partial charge in [0.1, 0.15) is 17.3 Å². The first-order valence-electron chi connectivity index (χ1n) is 11.2. The number of aromatic nitrogens is 1. The molecule has 0 radical (unpaired) electrons. The molecule has 0 fully saturated rings. The SMILES string of the molecule is CC1=C(C(=O)Nc2ccc(C)cn2)[C@@H](c2ccc(O)cc2)C2=C(C[C@H](c3ccco3)CC2=O)N1. The molecule has 3 aromatic rings. The Balaban J connectivity index is 1.55.